The van der Waals surface area contributed by atoms with E-state index < -0.39 is 0 Å². The molecule has 2 aliphatic heterocycles. The molecule has 0 aliphatic carbocycles. The Bertz CT molecular complexity index is 1060. The van der Waals surface area contributed by atoms with Crippen LogP contribution in [0.2, 0.25) is 0 Å². The number of carbonyl (C=O) groups is 1. The fourth-order valence-electron chi connectivity index (χ4n) is 3.93. The molecule has 0 saturated carbocycles. The largest absolute Gasteiger partial charge is 0.378 e. The molecule has 1 amide bonds. The summed E-state index contributed by atoms with van der Waals surface area (Å²) < 4.78 is 18.8. The van der Waals surface area contributed by atoms with E-state index in [0.29, 0.717) is 31.0 Å². The molecule has 146 valence electrons. The van der Waals surface area contributed by atoms with Crippen molar-refractivity contribution in [2.45, 2.75) is 6.54 Å². The van der Waals surface area contributed by atoms with Crippen molar-refractivity contribution < 1.29 is 13.9 Å². The SMILES string of the molecule is O=C1c2ccnc(-c3ccncc3N3CCOCC3)c2CN1c1ccc(F)cc1. The van der Waals surface area contributed by atoms with Gasteiger partial charge in [-0.3, -0.25) is 14.8 Å². The van der Waals surface area contributed by atoms with E-state index in [0.717, 1.165) is 35.6 Å². The van der Waals surface area contributed by atoms with E-state index >= 15 is 0 Å². The van der Waals surface area contributed by atoms with Crippen LogP contribution in [0.1, 0.15) is 15.9 Å². The van der Waals surface area contributed by atoms with E-state index in [1.807, 2.05) is 12.3 Å². The number of hydrogen-bond donors (Lipinski definition) is 0. The van der Waals surface area contributed by atoms with Gasteiger partial charge in [-0.25, -0.2) is 4.39 Å². The van der Waals surface area contributed by atoms with Gasteiger partial charge in [0.25, 0.3) is 5.91 Å². The van der Waals surface area contributed by atoms with Gasteiger partial charge in [0.1, 0.15) is 5.82 Å². The summed E-state index contributed by atoms with van der Waals surface area (Å²) in [6, 6.07) is 9.67. The van der Waals surface area contributed by atoms with E-state index in [1.54, 1.807) is 35.5 Å². The number of rotatable bonds is 3. The van der Waals surface area contributed by atoms with Crippen LogP contribution in [-0.4, -0.2) is 42.2 Å². The second-order valence-electron chi connectivity index (χ2n) is 7.05. The Kier molecular flexibility index (Phi) is 4.44. The van der Waals surface area contributed by atoms with Crippen LogP contribution in [-0.2, 0) is 11.3 Å². The number of amides is 1. The summed E-state index contributed by atoms with van der Waals surface area (Å²) in [6.07, 6.45) is 5.26. The highest BCUT2D eigenvalue weighted by Crippen LogP contribution is 2.37. The molecule has 0 atom stereocenters. The topological polar surface area (TPSA) is 58.6 Å². The molecule has 6 nitrogen and oxygen atoms in total. The Morgan fingerprint density at radius 3 is 2.52 bits per heavy atom. The lowest BCUT2D eigenvalue weighted by atomic mass is 10.0. The number of halogens is 1. The first-order valence-electron chi connectivity index (χ1n) is 9.55. The van der Waals surface area contributed by atoms with Crippen LogP contribution in [0.15, 0.2) is 55.0 Å². The van der Waals surface area contributed by atoms with Gasteiger partial charge in [-0.2, -0.15) is 0 Å². The number of benzene rings is 1. The van der Waals surface area contributed by atoms with Crippen molar-refractivity contribution in [1.29, 1.82) is 0 Å². The lowest BCUT2D eigenvalue weighted by molar-refractivity contribution is 0.0996. The fourth-order valence-corrected chi connectivity index (χ4v) is 3.93. The number of carbonyl (C=O) groups excluding carboxylic acids is 1. The summed E-state index contributed by atoms with van der Waals surface area (Å²) in [5.74, 6) is -0.426. The van der Waals surface area contributed by atoms with Crippen molar-refractivity contribution in [3.63, 3.8) is 0 Å². The maximum absolute atomic E-state index is 13.3. The zero-order valence-electron chi connectivity index (χ0n) is 15.7. The highest BCUT2D eigenvalue weighted by Gasteiger charge is 2.32. The van der Waals surface area contributed by atoms with E-state index in [2.05, 4.69) is 14.9 Å². The van der Waals surface area contributed by atoms with Gasteiger partial charge in [0.05, 0.1) is 37.3 Å². The van der Waals surface area contributed by atoms with Crippen molar-refractivity contribution in [1.82, 2.24) is 9.97 Å². The molecule has 3 aromatic rings. The summed E-state index contributed by atoms with van der Waals surface area (Å²) in [4.78, 5) is 25.8. The Hall–Kier alpha value is -3.32. The molecule has 5 rings (SSSR count). The van der Waals surface area contributed by atoms with Crippen LogP contribution in [0.25, 0.3) is 11.3 Å². The summed E-state index contributed by atoms with van der Waals surface area (Å²) in [7, 11) is 0. The monoisotopic (exact) mass is 390 g/mol. The number of nitrogens with zero attached hydrogens (tertiary/aromatic N) is 4. The minimum Gasteiger partial charge on any atom is -0.378 e. The second-order valence-corrected chi connectivity index (χ2v) is 7.05. The molecule has 1 fully saturated rings. The van der Waals surface area contributed by atoms with Crippen molar-refractivity contribution in [3.8, 4) is 11.3 Å². The summed E-state index contributed by atoms with van der Waals surface area (Å²) in [5.41, 5.74) is 4.90. The number of hydrogen-bond acceptors (Lipinski definition) is 5. The number of pyridine rings is 2. The highest BCUT2D eigenvalue weighted by atomic mass is 19.1. The Morgan fingerprint density at radius 2 is 1.72 bits per heavy atom. The molecule has 0 spiro atoms. The van der Waals surface area contributed by atoms with Gasteiger partial charge in [-0.15, -0.1) is 0 Å². The van der Waals surface area contributed by atoms with E-state index in [1.165, 1.54) is 12.1 Å². The van der Waals surface area contributed by atoms with Crippen LogP contribution in [0, 0.1) is 5.82 Å². The molecule has 2 aliphatic rings. The number of aromatic nitrogens is 2. The minimum atomic E-state index is -0.327. The molecule has 0 N–H and O–H groups in total. The van der Waals surface area contributed by atoms with Gasteiger partial charge >= 0.3 is 0 Å². The fraction of sp³-hybridized carbons (Fsp3) is 0.227. The van der Waals surface area contributed by atoms with Crippen molar-refractivity contribution in [3.05, 3.63) is 71.9 Å². The maximum atomic E-state index is 13.3. The zero-order valence-corrected chi connectivity index (χ0v) is 15.7. The van der Waals surface area contributed by atoms with E-state index in [4.69, 9.17) is 4.74 Å². The molecule has 2 aromatic heterocycles. The van der Waals surface area contributed by atoms with Gasteiger partial charge in [-0.05, 0) is 36.4 Å². The Balaban J connectivity index is 1.56. The normalized spacial score (nSPS) is 16.2. The molecule has 4 heterocycles. The smallest absolute Gasteiger partial charge is 0.259 e. The third-order valence-electron chi connectivity index (χ3n) is 5.39. The quantitative estimate of drug-likeness (QED) is 0.687. The molecule has 29 heavy (non-hydrogen) atoms. The van der Waals surface area contributed by atoms with Gasteiger partial charge in [0, 0.05) is 47.9 Å². The van der Waals surface area contributed by atoms with Crippen LogP contribution < -0.4 is 9.80 Å². The molecular weight excluding hydrogens is 371 g/mol. The van der Waals surface area contributed by atoms with Crippen LogP contribution in [0.5, 0.6) is 0 Å². The van der Waals surface area contributed by atoms with Gasteiger partial charge in [0.2, 0.25) is 0 Å². The highest BCUT2D eigenvalue weighted by molar-refractivity contribution is 6.11. The molecular formula is C22H19FN4O2. The summed E-state index contributed by atoms with van der Waals surface area (Å²) >= 11 is 0. The number of morpholine rings is 1. The average Bonchev–Trinajstić information content (AvgIpc) is 3.12. The summed E-state index contributed by atoms with van der Waals surface area (Å²) in [6.45, 7) is 3.31. The van der Waals surface area contributed by atoms with E-state index in [9.17, 15) is 9.18 Å². The Labute approximate surface area is 167 Å². The standard InChI is InChI=1S/C22H19FN4O2/c23-15-1-3-16(4-2-15)27-14-19-17(22(27)28)6-8-25-21(19)18-5-7-24-13-20(18)26-9-11-29-12-10-26/h1-8,13H,9-12,14H2. The van der Waals surface area contributed by atoms with Crippen LogP contribution in [0.3, 0.4) is 0 Å². The molecule has 0 bridgehead atoms. The predicted molar refractivity (Wildman–Crippen MR) is 107 cm³/mol. The first-order chi connectivity index (χ1) is 14.2. The van der Waals surface area contributed by atoms with Crippen LogP contribution >= 0.6 is 0 Å². The van der Waals surface area contributed by atoms with Gasteiger partial charge in [0.15, 0.2) is 0 Å². The van der Waals surface area contributed by atoms with Crippen molar-refractivity contribution >= 4 is 17.3 Å². The molecule has 0 unspecified atom stereocenters. The summed E-state index contributed by atoms with van der Waals surface area (Å²) in [5, 5.41) is 0. The van der Waals surface area contributed by atoms with Gasteiger partial charge in [-0.1, -0.05) is 0 Å². The second kappa shape index (κ2) is 7.25. The molecule has 0 radical (unpaired) electrons. The predicted octanol–water partition coefficient (Wildman–Crippen LogP) is 3.28. The molecule has 7 heteroatoms. The lowest BCUT2D eigenvalue weighted by Gasteiger charge is -2.30. The van der Waals surface area contributed by atoms with Crippen LogP contribution in [0.4, 0.5) is 15.8 Å². The minimum absolute atomic E-state index is 0.0998. The van der Waals surface area contributed by atoms with E-state index in [-0.39, 0.29) is 11.7 Å². The third-order valence-corrected chi connectivity index (χ3v) is 5.39. The molecule has 1 aromatic carbocycles. The average molecular weight is 390 g/mol. The van der Waals surface area contributed by atoms with Crippen molar-refractivity contribution in [2.24, 2.45) is 0 Å². The first kappa shape index (κ1) is 17.8. The Morgan fingerprint density at radius 1 is 0.966 bits per heavy atom. The number of ether oxygens (including phenoxy) is 1. The lowest BCUT2D eigenvalue weighted by Crippen LogP contribution is -2.36. The van der Waals surface area contributed by atoms with Gasteiger partial charge < -0.3 is 14.5 Å². The molecule has 1 saturated heterocycles. The zero-order chi connectivity index (χ0) is 19.8. The maximum Gasteiger partial charge on any atom is 0.259 e. The van der Waals surface area contributed by atoms with Crippen molar-refractivity contribution in [2.75, 3.05) is 36.1 Å². The number of fused-ring (bicyclic) bond motifs is 1. The third kappa shape index (κ3) is 3.13. The first-order valence-corrected chi connectivity index (χ1v) is 9.55. The number of anilines is 2.